The molecule has 0 aromatic carbocycles. The fourth-order valence-electron chi connectivity index (χ4n) is 1.18. The minimum atomic E-state index is -0.542. The van der Waals surface area contributed by atoms with Crippen LogP contribution in [-0.2, 0) is 14.3 Å². The van der Waals surface area contributed by atoms with E-state index in [1.807, 2.05) is 13.8 Å². The number of likely N-dealkylation sites (N-methyl/N-ethyl adjacent to an activating group) is 1. The van der Waals surface area contributed by atoms with Crippen LogP contribution in [0.25, 0.3) is 0 Å². The van der Waals surface area contributed by atoms with Gasteiger partial charge in [0.1, 0.15) is 0 Å². The fraction of sp³-hybridized carbons (Fsp3) is 0.778. The van der Waals surface area contributed by atoms with Crippen molar-refractivity contribution < 1.29 is 14.3 Å². The summed E-state index contributed by atoms with van der Waals surface area (Å²) in [6.45, 7) is 3.85. The van der Waals surface area contributed by atoms with Gasteiger partial charge in [-0.3, -0.25) is 9.59 Å². The van der Waals surface area contributed by atoms with E-state index in [2.05, 4.69) is 0 Å². The molecule has 1 heterocycles. The van der Waals surface area contributed by atoms with Crippen molar-refractivity contribution in [3.63, 3.8) is 0 Å². The summed E-state index contributed by atoms with van der Waals surface area (Å²) in [7, 11) is 1.72. The van der Waals surface area contributed by atoms with Crippen LogP contribution < -0.4 is 0 Å². The molecule has 1 aliphatic heterocycles. The second-order valence-corrected chi connectivity index (χ2v) is 3.56. The largest absolute Gasteiger partial charge is 0.452 e. The molecule has 0 N–H and O–H groups in total. The molecule has 1 amide bonds. The van der Waals surface area contributed by atoms with Crippen LogP contribution in [-0.4, -0.2) is 36.0 Å². The van der Waals surface area contributed by atoms with Gasteiger partial charge in [-0.1, -0.05) is 0 Å². The molecule has 1 fully saturated rings. The first kappa shape index (κ1) is 10.0. The number of nitrogens with zero attached hydrogens (tertiary/aromatic N) is 1. The Morgan fingerprint density at radius 3 is 2.62 bits per heavy atom. The molecule has 1 saturated heterocycles. The lowest BCUT2D eigenvalue weighted by Gasteiger charge is -2.23. The lowest BCUT2D eigenvalue weighted by Crippen LogP contribution is -2.40. The number of ether oxygens (including phenoxy) is 1. The Bertz CT molecular complexity index is 225. The van der Waals surface area contributed by atoms with E-state index in [1.165, 1.54) is 0 Å². The van der Waals surface area contributed by atoms with Gasteiger partial charge < -0.3 is 9.64 Å². The van der Waals surface area contributed by atoms with Gasteiger partial charge in [0.25, 0.3) is 5.91 Å². The number of hydrogen-bond acceptors (Lipinski definition) is 3. The van der Waals surface area contributed by atoms with Crippen LogP contribution >= 0.6 is 0 Å². The SMILES string of the molecule is CC(C)N(C)C(=O)C1CCC(=O)O1. The summed E-state index contributed by atoms with van der Waals surface area (Å²) in [6.07, 6.45) is 0.344. The highest BCUT2D eigenvalue weighted by Gasteiger charge is 2.32. The maximum atomic E-state index is 11.6. The van der Waals surface area contributed by atoms with Crippen LogP contribution in [0, 0.1) is 0 Å². The number of amides is 1. The van der Waals surface area contributed by atoms with Crippen LogP contribution in [0.1, 0.15) is 26.7 Å². The van der Waals surface area contributed by atoms with Crippen molar-refractivity contribution >= 4 is 11.9 Å². The Morgan fingerprint density at radius 1 is 1.62 bits per heavy atom. The Labute approximate surface area is 77.8 Å². The average molecular weight is 185 g/mol. The molecule has 4 heteroatoms. The fourth-order valence-corrected chi connectivity index (χ4v) is 1.18. The summed E-state index contributed by atoms with van der Waals surface area (Å²) in [5.41, 5.74) is 0. The summed E-state index contributed by atoms with van der Waals surface area (Å²) in [4.78, 5) is 23.9. The maximum absolute atomic E-state index is 11.6. The third-order valence-corrected chi connectivity index (χ3v) is 2.28. The molecular formula is C9H15NO3. The van der Waals surface area contributed by atoms with Crippen LogP contribution in [0.4, 0.5) is 0 Å². The smallest absolute Gasteiger partial charge is 0.306 e. The first-order valence-corrected chi connectivity index (χ1v) is 4.48. The number of esters is 1. The van der Waals surface area contributed by atoms with Crippen molar-refractivity contribution in [1.29, 1.82) is 0 Å². The number of carbonyl (C=O) groups is 2. The Morgan fingerprint density at radius 2 is 2.23 bits per heavy atom. The molecule has 74 valence electrons. The minimum absolute atomic E-state index is 0.0964. The molecule has 0 aromatic heterocycles. The molecule has 1 aliphatic rings. The summed E-state index contributed by atoms with van der Waals surface area (Å²) in [5.74, 6) is -0.364. The van der Waals surface area contributed by atoms with E-state index in [4.69, 9.17) is 4.74 Å². The molecule has 0 saturated carbocycles. The molecule has 0 aromatic rings. The summed E-state index contributed by atoms with van der Waals surface area (Å²) < 4.78 is 4.86. The van der Waals surface area contributed by atoms with E-state index in [1.54, 1.807) is 11.9 Å². The molecule has 0 bridgehead atoms. The van der Waals surface area contributed by atoms with Crippen molar-refractivity contribution in [1.82, 2.24) is 4.90 Å². The first-order chi connectivity index (χ1) is 6.02. The zero-order valence-corrected chi connectivity index (χ0v) is 8.24. The van der Waals surface area contributed by atoms with E-state index in [-0.39, 0.29) is 17.9 Å². The van der Waals surface area contributed by atoms with E-state index >= 15 is 0 Å². The first-order valence-electron chi connectivity index (χ1n) is 4.48. The normalized spacial score (nSPS) is 21.8. The molecule has 0 spiro atoms. The van der Waals surface area contributed by atoms with Crippen molar-refractivity contribution in [2.75, 3.05) is 7.05 Å². The Kier molecular flexibility index (Phi) is 2.90. The van der Waals surface area contributed by atoms with Crippen LogP contribution in [0.3, 0.4) is 0 Å². The quantitative estimate of drug-likeness (QED) is 0.590. The van der Waals surface area contributed by atoms with Crippen LogP contribution in [0.2, 0.25) is 0 Å². The predicted octanol–water partition coefficient (Wildman–Crippen LogP) is 0.559. The molecule has 13 heavy (non-hydrogen) atoms. The monoisotopic (exact) mass is 185 g/mol. The average Bonchev–Trinajstić information content (AvgIpc) is 2.49. The Hall–Kier alpha value is -1.06. The lowest BCUT2D eigenvalue weighted by atomic mass is 10.2. The molecule has 4 nitrogen and oxygen atoms in total. The van der Waals surface area contributed by atoms with E-state index in [0.29, 0.717) is 12.8 Å². The van der Waals surface area contributed by atoms with Crippen LogP contribution in [0.5, 0.6) is 0 Å². The van der Waals surface area contributed by atoms with Crippen molar-refractivity contribution in [2.24, 2.45) is 0 Å². The number of carbonyl (C=O) groups excluding carboxylic acids is 2. The highest BCUT2D eigenvalue weighted by atomic mass is 16.6. The van der Waals surface area contributed by atoms with Gasteiger partial charge in [-0.2, -0.15) is 0 Å². The molecule has 1 unspecified atom stereocenters. The number of hydrogen-bond donors (Lipinski definition) is 0. The van der Waals surface area contributed by atoms with Crippen LogP contribution in [0.15, 0.2) is 0 Å². The third-order valence-electron chi connectivity index (χ3n) is 2.28. The van der Waals surface area contributed by atoms with Gasteiger partial charge in [-0.15, -0.1) is 0 Å². The summed E-state index contributed by atoms with van der Waals surface area (Å²) >= 11 is 0. The predicted molar refractivity (Wildman–Crippen MR) is 47.0 cm³/mol. The second kappa shape index (κ2) is 3.77. The van der Waals surface area contributed by atoms with E-state index in [9.17, 15) is 9.59 Å². The molecule has 1 rings (SSSR count). The second-order valence-electron chi connectivity index (χ2n) is 3.56. The zero-order valence-electron chi connectivity index (χ0n) is 8.24. The molecular weight excluding hydrogens is 170 g/mol. The van der Waals surface area contributed by atoms with Gasteiger partial charge in [0, 0.05) is 25.9 Å². The van der Waals surface area contributed by atoms with Gasteiger partial charge in [-0.25, -0.2) is 0 Å². The third kappa shape index (κ3) is 2.20. The summed E-state index contributed by atoms with van der Waals surface area (Å²) in [6, 6.07) is 0.145. The molecule has 1 atom stereocenters. The van der Waals surface area contributed by atoms with Gasteiger partial charge in [-0.05, 0) is 13.8 Å². The Balaban J connectivity index is 2.53. The zero-order chi connectivity index (χ0) is 10.0. The minimum Gasteiger partial charge on any atom is -0.452 e. The number of rotatable bonds is 2. The van der Waals surface area contributed by atoms with Crippen molar-refractivity contribution in [2.45, 2.75) is 38.8 Å². The standard InChI is InChI=1S/C9H15NO3/c1-6(2)10(3)9(12)7-4-5-8(11)13-7/h6-7H,4-5H2,1-3H3. The van der Waals surface area contributed by atoms with Crippen molar-refractivity contribution in [3.8, 4) is 0 Å². The highest BCUT2D eigenvalue weighted by molar-refractivity contribution is 5.86. The highest BCUT2D eigenvalue weighted by Crippen LogP contribution is 2.16. The van der Waals surface area contributed by atoms with E-state index < -0.39 is 6.10 Å². The van der Waals surface area contributed by atoms with E-state index in [0.717, 1.165) is 0 Å². The van der Waals surface area contributed by atoms with Crippen molar-refractivity contribution in [3.05, 3.63) is 0 Å². The lowest BCUT2D eigenvalue weighted by molar-refractivity contribution is -0.153. The summed E-state index contributed by atoms with van der Waals surface area (Å²) in [5, 5.41) is 0. The molecule has 0 aliphatic carbocycles. The number of cyclic esters (lactones) is 1. The van der Waals surface area contributed by atoms with Gasteiger partial charge in [0.15, 0.2) is 6.10 Å². The van der Waals surface area contributed by atoms with Gasteiger partial charge in [0.2, 0.25) is 0 Å². The van der Waals surface area contributed by atoms with Gasteiger partial charge >= 0.3 is 5.97 Å². The maximum Gasteiger partial charge on any atom is 0.306 e. The topological polar surface area (TPSA) is 46.6 Å². The molecule has 0 radical (unpaired) electrons. The van der Waals surface area contributed by atoms with Gasteiger partial charge in [0.05, 0.1) is 0 Å².